The summed E-state index contributed by atoms with van der Waals surface area (Å²) in [5.41, 5.74) is 6.40. The molecular formula is C15H30N2O. The van der Waals surface area contributed by atoms with Gasteiger partial charge in [0, 0.05) is 25.2 Å². The van der Waals surface area contributed by atoms with E-state index in [-0.39, 0.29) is 5.54 Å². The van der Waals surface area contributed by atoms with E-state index in [9.17, 15) is 0 Å². The molecule has 2 N–H and O–H groups in total. The molecule has 0 spiro atoms. The summed E-state index contributed by atoms with van der Waals surface area (Å²) in [6.45, 7) is 5.53. The predicted octanol–water partition coefficient (Wildman–Crippen LogP) is 2.25. The van der Waals surface area contributed by atoms with Crippen molar-refractivity contribution in [3.05, 3.63) is 0 Å². The summed E-state index contributed by atoms with van der Waals surface area (Å²) in [6.07, 6.45) is 8.32. The number of likely N-dealkylation sites (N-methyl/N-ethyl adjacent to an activating group) is 1. The maximum atomic E-state index is 6.14. The minimum atomic E-state index is 0.253. The zero-order valence-corrected chi connectivity index (χ0v) is 12.2. The summed E-state index contributed by atoms with van der Waals surface area (Å²) in [6, 6.07) is 0. The first-order valence-corrected chi connectivity index (χ1v) is 7.71. The van der Waals surface area contributed by atoms with Crippen molar-refractivity contribution in [2.75, 3.05) is 33.4 Å². The molecule has 3 nitrogen and oxygen atoms in total. The van der Waals surface area contributed by atoms with E-state index in [0.717, 1.165) is 38.1 Å². The summed E-state index contributed by atoms with van der Waals surface area (Å²) in [7, 11) is 2.24. The smallest absolute Gasteiger partial charge is 0.0593 e. The fraction of sp³-hybridized carbons (Fsp3) is 1.00. The van der Waals surface area contributed by atoms with Crippen molar-refractivity contribution in [1.29, 1.82) is 0 Å². The molecule has 2 aliphatic rings. The molecule has 0 saturated heterocycles. The molecule has 106 valence electrons. The fourth-order valence-corrected chi connectivity index (χ4v) is 3.63. The van der Waals surface area contributed by atoms with E-state index in [4.69, 9.17) is 10.5 Å². The second-order valence-corrected chi connectivity index (χ2v) is 6.24. The lowest BCUT2D eigenvalue weighted by Gasteiger charge is -2.47. The van der Waals surface area contributed by atoms with Crippen LogP contribution in [0.25, 0.3) is 0 Å². The number of nitrogens with two attached hydrogens (primary N) is 1. The van der Waals surface area contributed by atoms with Crippen molar-refractivity contribution in [2.24, 2.45) is 17.6 Å². The highest BCUT2D eigenvalue weighted by Gasteiger charge is 2.43. The third-order valence-corrected chi connectivity index (χ3v) is 5.11. The summed E-state index contributed by atoms with van der Waals surface area (Å²) >= 11 is 0. The average molecular weight is 254 g/mol. The topological polar surface area (TPSA) is 38.5 Å². The van der Waals surface area contributed by atoms with Gasteiger partial charge in [-0.05, 0) is 51.5 Å². The first-order chi connectivity index (χ1) is 8.72. The van der Waals surface area contributed by atoms with Gasteiger partial charge in [-0.25, -0.2) is 0 Å². The zero-order chi connectivity index (χ0) is 13.0. The fourth-order valence-electron chi connectivity index (χ4n) is 3.63. The molecule has 0 radical (unpaired) electrons. The van der Waals surface area contributed by atoms with Crippen molar-refractivity contribution < 1.29 is 4.74 Å². The van der Waals surface area contributed by atoms with Crippen LogP contribution in [0.3, 0.4) is 0 Å². The zero-order valence-electron chi connectivity index (χ0n) is 12.2. The van der Waals surface area contributed by atoms with Crippen molar-refractivity contribution in [2.45, 2.75) is 51.0 Å². The monoisotopic (exact) mass is 254 g/mol. The molecule has 18 heavy (non-hydrogen) atoms. The maximum Gasteiger partial charge on any atom is 0.0593 e. The van der Waals surface area contributed by atoms with Gasteiger partial charge in [0.1, 0.15) is 0 Å². The first-order valence-electron chi connectivity index (χ1n) is 7.71. The average Bonchev–Trinajstić information content (AvgIpc) is 3.23. The van der Waals surface area contributed by atoms with Crippen LogP contribution in [-0.4, -0.2) is 43.8 Å². The molecule has 2 fully saturated rings. The van der Waals surface area contributed by atoms with Gasteiger partial charge in [-0.3, -0.25) is 4.90 Å². The molecule has 2 atom stereocenters. The van der Waals surface area contributed by atoms with Crippen LogP contribution in [0.15, 0.2) is 0 Å². The van der Waals surface area contributed by atoms with E-state index < -0.39 is 0 Å². The Hall–Kier alpha value is -0.120. The van der Waals surface area contributed by atoms with Crippen molar-refractivity contribution in [1.82, 2.24) is 4.90 Å². The first kappa shape index (κ1) is 14.3. The Morgan fingerprint density at radius 3 is 2.67 bits per heavy atom. The lowest BCUT2D eigenvalue weighted by Crippen LogP contribution is -2.55. The highest BCUT2D eigenvalue weighted by molar-refractivity contribution is 4.98. The molecule has 0 aliphatic heterocycles. The minimum Gasteiger partial charge on any atom is -0.380 e. The van der Waals surface area contributed by atoms with Crippen molar-refractivity contribution in [3.63, 3.8) is 0 Å². The summed E-state index contributed by atoms with van der Waals surface area (Å²) in [5, 5.41) is 0. The van der Waals surface area contributed by atoms with Crippen LogP contribution in [-0.2, 0) is 4.74 Å². The van der Waals surface area contributed by atoms with Gasteiger partial charge >= 0.3 is 0 Å². The van der Waals surface area contributed by atoms with E-state index in [1.54, 1.807) is 0 Å². The molecule has 0 bridgehead atoms. The van der Waals surface area contributed by atoms with Crippen LogP contribution in [0.1, 0.15) is 45.4 Å². The van der Waals surface area contributed by atoms with E-state index in [1.807, 2.05) is 0 Å². The molecule has 0 aromatic carbocycles. The Balaban J connectivity index is 1.90. The van der Waals surface area contributed by atoms with Gasteiger partial charge in [-0.1, -0.05) is 12.8 Å². The van der Waals surface area contributed by atoms with Gasteiger partial charge in [0.05, 0.1) is 6.61 Å². The lowest BCUT2D eigenvalue weighted by molar-refractivity contribution is 0.0260. The van der Waals surface area contributed by atoms with E-state index in [1.165, 1.54) is 38.5 Å². The summed E-state index contributed by atoms with van der Waals surface area (Å²) in [5.74, 6) is 1.97. The Bertz CT molecular complexity index is 255. The SMILES string of the molecule is CCOCCN(C)C1(CN)CCCC(C2CC2)C1. The second kappa shape index (κ2) is 6.36. The summed E-state index contributed by atoms with van der Waals surface area (Å²) in [4.78, 5) is 2.48. The number of hydrogen-bond acceptors (Lipinski definition) is 3. The highest BCUT2D eigenvalue weighted by Crippen LogP contribution is 2.47. The van der Waals surface area contributed by atoms with Crippen LogP contribution < -0.4 is 5.73 Å². The van der Waals surface area contributed by atoms with Gasteiger partial charge in [-0.15, -0.1) is 0 Å². The van der Waals surface area contributed by atoms with Crippen molar-refractivity contribution >= 4 is 0 Å². The molecule has 2 unspecified atom stereocenters. The molecule has 0 amide bonds. The van der Waals surface area contributed by atoms with Gasteiger partial charge in [0.2, 0.25) is 0 Å². The number of rotatable bonds is 7. The van der Waals surface area contributed by atoms with Gasteiger partial charge in [-0.2, -0.15) is 0 Å². The van der Waals surface area contributed by atoms with Crippen LogP contribution in [0, 0.1) is 11.8 Å². The standard InChI is InChI=1S/C15H30N2O/c1-3-18-10-9-17(2)15(12-16)8-4-5-14(11-15)13-6-7-13/h13-14H,3-12,16H2,1-2H3. The van der Waals surface area contributed by atoms with Gasteiger partial charge in [0.25, 0.3) is 0 Å². The van der Waals surface area contributed by atoms with E-state index in [0.29, 0.717) is 0 Å². The molecule has 0 aromatic rings. The lowest BCUT2D eigenvalue weighted by atomic mass is 9.73. The maximum absolute atomic E-state index is 6.14. The quantitative estimate of drug-likeness (QED) is 0.708. The second-order valence-electron chi connectivity index (χ2n) is 6.24. The summed E-state index contributed by atoms with van der Waals surface area (Å²) < 4.78 is 5.49. The van der Waals surface area contributed by atoms with Gasteiger partial charge in [0.15, 0.2) is 0 Å². The molecule has 3 heteroatoms. The Kier molecular flexibility index (Phi) is 5.05. The van der Waals surface area contributed by atoms with Crippen molar-refractivity contribution in [3.8, 4) is 0 Å². The van der Waals surface area contributed by atoms with Crippen LogP contribution >= 0.6 is 0 Å². The van der Waals surface area contributed by atoms with Crippen LogP contribution in [0.2, 0.25) is 0 Å². The molecular weight excluding hydrogens is 224 g/mol. The number of nitrogens with zero attached hydrogens (tertiary/aromatic N) is 1. The molecule has 2 rings (SSSR count). The Morgan fingerprint density at radius 2 is 2.06 bits per heavy atom. The van der Waals surface area contributed by atoms with Crippen LogP contribution in [0.4, 0.5) is 0 Å². The Labute approximate surface area is 112 Å². The number of ether oxygens (including phenoxy) is 1. The minimum absolute atomic E-state index is 0.253. The van der Waals surface area contributed by atoms with E-state index in [2.05, 4.69) is 18.9 Å². The predicted molar refractivity (Wildman–Crippen MR) is 75.6 cm³/mol. The third kappa shape index (κ3) is 3.25. The van der Waals surface area contributed by atoms with E-state index >= 15 is 0 Å². The normalized spacial score (nSPS) is 33.0. The van der Waals surface area contributed by atoms with Gasteiger partial charge < -0.3 is 10.5 Å². The molecule has 0 aromatic heterocycles. The molecule has 0 heterocycles. The molecule has 2 saturated carbocycles. The Morgan fingerprint density at radius 1 is 1.28 bits per heavy atom. The third-order valence-electron chi connectivity index (χ3n) is 5.11. The van der Waals surface area contributed by atoms with Crippen LogP contribution in [0.5, 0.6) is 0 Å². The molecule has 2 aliphatic carbocycles. The highest BCUT2D eigenvalue weighted by atomic mass is 16.5. The number of hydrogen-bond donors (Lipinski definition) is 1. The largest absolute Gasteiger partial charge is 0.380 e.